The van der Waals surface area contributed by atoms with Gasteiger partial charge in [-0.3, -0.25) is 4.55 Å². The summed E-state index contributed by atoms with van der Waals surface area (Å²) in [6, 6.07) is 8.07. The fraction of sp³-hybridized carbons (Fsp3) is 0.625. The van der Waals surface area contributed by atoms with Crippen LogP contribution in [0, 0.1) is 31.8 Å². The number of nitrogens with zero attached hydrogens (tertiary/aromatic N) is 6. The molecule has 0 saturated heterocycles. The lowest BCUT2D eigenvalue weighted by Gasteiger charge is -2.29. The van der Waals surface area contributed by atoms with E-state index in [1.54, 1.807) is 6.92 Å². The lowest BCUT2D eigenvalue weighted by molar-refractivity contribution is -0.890. The number of nitriles is 1. The quantitative estimate of drug-likeness (QED) is 0.0471. The molecule has 47 heavy (non-hydrogen) atoms. The Labute approximate surface area is 283 Å². The molecule has 2 aromatic rings. The van der Waals surface area contributed by atoms with Crippen LogP contribution in [-0.2, 0) is 29.1 Å². The van der Waals surface area contributed by atoms with E-state index in [-0.39, 0.29) is 5.75 Å². The first-order chi connectivity index (χ1) is 22.4. The number of azo groups is 1. The molecule has 1 heterocycles. The van der Waals surface area contributed by atoms with E-state index in [9.17, 15) is 13.7 Å². The van der Waals surface area contributed by atoms with Crippen molar-refractivity contribution in [1.29, 1.82) is 5.26 Å². The van der Waals surface area contributed by atoms with E-state index < -0.39 is 10.1 Å². The van der Waals surface area contributed by atoms with Gasteiger partial charge in [0.15, 0.2) is 0 Å². The summed E-state index contributed by atoms with van der Waals surface area (Å²) in [5.41, 5.74) is 3.75. The fourth-order valence-electron chi connectivity index (χ4n) is 4.50. The summed E-state index contributed by atoms with van der Waals surface area (Å²) < 4.78 is 53.7. The van der Waals surface area contributed by atoms with E-state index in [1.807, 2.05) is 19.1 Å². The van der Waals surface area contributed by atoms with Crippen molar-refractivity contribution in [2.24, 2.45) is 10.2 Å². The molecule has 2 rings (SSSR count). The van der Waals surface area contributed by atoms with Crippen molar-refractivity contribution in [2.75, 3.05) is 104 Å². The second-order valence-corrected chi connectivity index (χ2v) is 14.1. The summed E-state index contributed by atoms with van der Waals surface area (Å²) in [6.45, 7) is 20.4. The van der Waals surface area contributed by atoms with Crippen LogP contribution in [0.25, 0.3) is 4.85 Å². The molecule has 260 valence electrons. The Balaban J connectivity index is 1.55. The van der Waals surface area contributed by atoms with E-state index in [0.717, 1.165) is 48.3 Å². The molecule has 0 amide bonds. The van der Waals surface area contributed by atoms with Crippen molar-refractivity contribution in [3.05, 3.63) is 45.6 Å². The molecule has 13 nitrogen and oxygen atoms in total. The summed E-state index contributed by atoms with van der Waals surface area (Å²) in [6.07, 6.45) is 1.17. The highest BCUT2D eigenvalue weighted by molar-refractivity contribution is 7.85. The predicted octanol–water partition coefficient (Wildman–Crippen LogP) is 5.84. The summed E-state index contributed by atoms with van der Waals surface area (Å²) in [5, 5.41) is 18.3. The molecule has 0 unspecified atom stereocenters. The Kier molecular flexibility index (Phi) is 18.0. The van der Waals surface area contributed by atoms with Crippen LogP contribution in [0.3, 0.4) is 0 Å². The molecule has 0 fully saturated rings. The number of rotatable bonds is 24. The van der Waals surface area contributed by atoms with Gasteiger partial charge in [-0.05, 0) is 62.9 Å². The van der Waals surface area contributed by atoms with Gasteiger partial charge in [0, 0.05) is 18.8 Å². The standard InChI is InChI=1S/C32H48N6O7S2/c1-7-37(28-10-11-29(26(2)24-28)35-36-32-31(34-4)27(3)30(25-33)46-32)12-15-42-17-19-44-21-22-45-20-18-43-16-14-38(5,6)13-8-9-23-47(39,40)41/h10-11,24H,7-9,12-23H2,1-3,5-6H3/p+1. The Morgan fingerprint density at radius 1 is 0.979 bits per heavy atom. The number of thiophene rings is 1. The first kappa shape index (κ1) is 40.2. The number of likely N-dealkylation sites (N-methyl/N-ethyl adjacent to an activating group) is 2. The van der Waals surface area contributed by atoms with Crippen LogP contribution in [0.4, 0.5) is 22.1 Å². The number of quaternary nitrogens is 1. The third-order valence-electron chi connectivity index (χ3n) is 7.36. The first-order valence-electron chi connectivity index (χ1n) is 15.7. The Bertz CT molecular complexity index is 1470. The van der Waals surface area contributed by atoms with Crippen LogP contribution < -0.4 is 4.90 Å². The van der Waals surface area contributed by atoms with Gasteiger partial charge in [-0.1, -0.05) is 0 Å². The van der Waals surface area contributed by atoms with Crippen molar-refractivity contribution in [3.63, 3.8) is 0 Å². The largest absolute Gasteiger partial charge is 0.377 e. The smallest absolute Gasteiger partial charge is 0.264 e. The summed E-state index contributed by atoms with van der Waals surface area (Å²) in [7, 11) is 0.255. The average Bonchev–Trinajstić information content (AvgIpc) is 3.34. The number of unbranched alkanes of at least 4 members (excludes halogenated alkanes) is 1. The van der Waals surface area contributed by atoms with Crippen LogP contribution in [0.1, 0.15) is 35.8 Å². The van der Waals surface area contributed by atoms with E-state index in [4.69, 9.17) is 30.1 Å². The van der Waals surface area contributed by atoms with Crippen molar-refractivity contribution < 1.29 is 36.4 Å². The molecule has 0 aliphatic rings. The molecule has 1 N–H and O–H groups in total. The summed E-state index contributed by atoms with van der Waals surface area (Å²) in [4.78, 5) is 6.22. The average molecular weight is 694 g/mol. The zero-order valence-corrected chi connectivity index (χ0v) is 29.9. The minimum atomic E-state index is -3.88. The van der Waals surface area contributed by atoms with Crippen molar-refractivity contribution in [1.82, 2.24) is 0 Å². The molecular formula is C32H49N6O7S2+. The summed E-state index contributed by atoms with van der Waals surface area (Å²) >= 11 is 1.18. The lowest BCUT2D eigenvalue weighted by Crippen LogP contribution is -2.43. The van der Waals surface area contributed by atoms with Gasteiger partial charge in [-0.25, -0.2) is 4.85 Å². The fourth-order valence-corrected chi connectivity index (χ4v) is 5.93. The zero-order valence-electron chi connectivity index (χ0n) is 28.2. The lowest BCUT2D eigenvalue weighted by atomic mass is 10.1. The van der Waals surface area contributed by atoms with E-state index in [1.165, 1.54) is 11.3 Å². The molecular weight excluding hydrogens is 645 g/mol. The second-order valence-electron chi connectivity index (χ2n) is 11.5. The highest BCUT2D eigenvalue weighted by Crippen LogP contribution is 2.42. The van der Waals surface area contributed by atoms with Crippen LogP contribution in [0.2, 0.25) is 0 Å². The Hall–Kier alpha value is -2.99. The van der Waals surface area contributed by atoms with Crippen LogP contribution in [0.5, 0.6) is 0 Å². The number of hydrogen-bond acceptors (Lipinski definition) is 11. The third kappa shape index (κ3) is 15.6. The maximum Gasteiger partial charge on any atom is 0.264 e. The van der Waals surface area contributed by atoms with E-state index in [2.05, 4.69) is 53.1 Å². The Morgan fingerprint density at radius 2 is 1.60 bits per heavy atom. The first-order valence-corrected chi connectivity index (χ1v) is 18.1. The van der Waals surface area contributed by atoms with Gasteiger partial charge in [-0.15, -0.1) is 11.3 Å². The highest BCUT2D eigenvalue weighted by atomic mass is 32.2. The van der Waals surface area contributed by atoms with Gasteiger partial charge in [-0.2, -0.15) is 23.9 Å². The predicted molar refractivity (Wildman–Crippen MR) is 184 cm³/mol. The minimum Gasteiger partial charge on any atom is -0.377 e. The van der Waals surface area contributed by atoms with Gasteiger partial charge in [0.1, 0.15) is 17.6 Å². The molecule has 0 aliphatic carbocycles. The molecule has 0 aliphatic heterocycles. The second kappa shape index (κ2) is 21.1. The van der Waals surface area contributed by atoms with Gasteiger partial charge >= 0.3 is 0 Å². The molecule has 1 aromatic heterocycles. The summed E-state index contributed by atoms with van der Waals surface area (Å²) in [5.74, 6) is -0.194. The molecule has 0 saturated carbocycles. The van der Waals surface area contributed by atoms with Gasteiger partial charge in [0.2, 0.25) is 5.69 Å². The number of benzene rings is 1. The van der Waals surface area contributed by atoms with Crippen LogP contribution in [0.15, 0.2) is 28.4 Å². The topological polar surface area (TPSA) is 147 Å². The number of anilines is 1. The molecule has 1 aromatic carbocycles. The monoisotopic (exact) mass is 693 g/mol. The highest BCUT2D eigenvalue weighted by Gasteiger charge is 2.16. The van der Waals surface area contributed by atoms with Gasteiger partial charge in [0.25, 0.3) is 10.1 Å². The molecule has 0 bridgehead atoms. The number of aryl methyl sites for hydroxylation is 1. The van der Waals surface area contributed by atoms with Crippen LogP contribution in [-0.4, -0.2) is 116 Å². The van der Waals surface area contributed by atoms with Gasteiger partial charge < -0.3 is 28.3 Å². The van der Waals surface area contributed by atoms with Gasteiger partial charge in [0.05, 0.1) is 96.4 Å². The normalized spacial score (nSPS) is 12.0. The van der Waals surface area contributed by atoms with Crippen molar-refractivity contribution in [3.8, 4) is 6.07 Å². The minimum absolute atomic E-state index is 0.194. The molecule has 0 radical (unpaired) electrons. The Morgan fingerprint density at radius 3 is 2.15 bits per heavy atom. The zero-order chi connectivity index (χ0) is 34.7. The van der Waals surface area contributed by atoms with Crippen molar-refractivity contribution in [2.45, 2.75) is 33.6 Å². The maximum atomic E-state index is 10.8. The SMILES string of the molecule is [C-]#[N+]c1c(N=Nc2ccc(N(CC)CCOCCOCCOCCOCC[N+](C)(C)CCCCS(=O)(=O)O)cc2C)sc(C#N)c1C. The molecule has 0 atom stereocenters. The van der Waals surface area contributed by atoms with E-state index in [0.29, 0.717) is 86.1 Å². The maximum absolute atomic E-state index is 10.8. The molecule has 0 spiro atoms. The van der Waals surface area contributed by atoms with Crippen molar-refractivity contribution >= 4 is 43.5 Å². The number of hydrogen-bond donors (Lipinski definition) is 1. The number of ether oxygens (including phenoxy) is 4. The van der Waals surface area contributed by atoms with E-state index >= 15 is 0 Å². The molecule has 15 heteroatoms. The van der Waals surface area contributed by atoms with Crippen LogP contribution >= 0.6 is 11.3 Å². The third-order valence-corrected chi connectivity index (χ3v) is 9.24.